The van der Waals surface area contributed by atoms with Crippen LogP contribution in [-0.4, -0.2) is 6.54 Å². The van der Waals surface area contributed by atoms with Crippen LogP contribution in [0.2, 0.25) is 0 Å². The third kappa shape index (κ3) is 2.73. The summed E-state index contributed by atoms with van der Waals surface area (Å²) in [6.45, 7) is 2.11. The Morgan fingerprint density at radius 3 is 2.58 bits per heavy atom. The van der Waals surface area contributed by atoms with E-state index in [4.69, 9.17) is 5.73 Å². The van der Waals surface area contributed by atoms with Crippen molar-refractivity contribution in [3.63, 3.8) is 0 Å². The number of para-hydroxylation sites is 1. The smallest absolute Gasteiger partial charge is 0.0429 e. The molecule has 0 saturated heterocycles. The molecule has 0 unspecified atom stereocenters. The second kappa shape index (κ2) is 5.35. The molecule has 1 heterocycles. The predicted molar refractivity (Wildman–Crippen MR) is 81.3 cm³/mol. The van der Waals surface area contributed by atoms with Crippen molar-refractivity contribution in [2.24, 2.45) is 0 Å². The largest absolute Gasteiger partial charge is 0.399 e. The Bertz CT molecular complexity index is 545. The summed E-state index contributed by atoms with van der Waals surface area (Å²) in [5.41, 5.74) is 10.8. The number of hydrogen-bond acceptors (Lipinski definition) is 2. The van der Waals surface area contributed by atoms with Gasteiger partial charge in [-0.15, -0.1) is 0 Å². The molecule has 0 spiro atoms. The third-order valence-corrected chi connectivity index (χ3v) is 3.81. The van der Waals surface area contributed by atoms with Crippen LogP contribution >= 0.6 is 0 Å². The molecule has 1 aliphatic heterocycles. The van der Waals surface area contributed by atoms with E-state index in [2.05, 4.69) is 41.3 Å². The first kappa shape index (κ1) is 12.1. The van der Waals surface area contributed by atoms with Crippen LogP contribution in [0.4, 0.5) is 11.4 Å². The van der Waals surface area contributed by atoms with Crippen molar-refractivity contribution in [1.29, 1.82) is 0 Å². The molecule has 0 bridgehead atoms. The van der Waals surface area contributed by atoms with Crippen molar-refractivity contribution >= 4 is 11.4 Å². The van der Waals surface area contributed by atoms with Crippen molar-refractivity contribution < 1.29 is 0 Å². The molecule has 2 aromatic rings. The molecule has 3 rings (SSSR count). The molecule has 2 heteroatoms. The first-order valence-electron chi connectivity index (χ1n) is 7.00. The fraction of sp³-hybridized carbons (Fsp3) is 0.294. The van der Waals surface area contributed by atoms with E-state index in [1.807, 2.05) is 12.1 Å². The molecule has 0 amide bonds. The molecule has 1 aliphatic rings. The van der Waals surface area contributed by atoms with Crippen LogP contribution in [0.15, 0.2) is 48.5 Å². The van der Waals surface area contributed by atoms with Crippen LogP contribution in [0.3, 0.4) is 0 Å². The molecule has 98 valence electrons. The lowest BCUT2D eigenvalue weighted by Gasteiger charge is -2.25. The van der Waals surface area contributed by atoms with Crippen LogP contribution in [0.5, 0.6) is 0 Å². The van der Waals surface area contributed by atoms with Gasteiger partial charge < -0.3 is 10.6 Å². The maximum atomic E-state index is 5.75. The number of nitrogen functional groups attached to an aromatic ring is 1. The van der Waals surface area contributed by atoms with Gasteiger partial charge in [-0.05, 0) is 48.6 Å². The van der Waals surface area contributed by atoms with Crippen molar-refractivity contribution in [2.45, 2.75) is 25.8 Å². The minimum atomic E-state index is 0.833. The lowest BCUT2D eigenvalue weighted by atomic mass is 10.1. The average Bonchev–Trinajstić information content (AvgIpc) is 2.64. The Kier molecular flexibility index (Phi) is 3.41. The topological polar surface area (TPSA) is 29.3 Å². The summed E-state index contributed by atoms with van der Waals surface area (Å²) < 4.78 is 0. The molecule has 0 atom stereocenters. The van der Waals surface area contributed by atoms with Gasteiger partial charge in [-0.3, -0.25) is 0 Å². The molecule has 0 aliphatic carbocycles. The van der Waals surface area contributed by atoms with Gasteiger partial charge in [-0.25, -0.2) is 0 Å². The van der Waals surface area contributed by atoms with Crippen molar-refractivity contribution in [2.75, 3.05) is 17.2 Å². The minimum absolute atomic E-state index is 0.833. The molecule has 2 nitrogen and oxygen atoms in total. The SMILES string of the molecule is Nc1ccc(CN2CCCCc3ccccc32)cc1. The summed E-state index contributed by atoms with van der Waals surface area (Å²) in [5, 5.41) is 0. The zero-order chi connectivity index (χ0) is 13.1. The highest BCUT2D eigenvalue weighted by molar-refractivity contribution is 5.55. The number of benzene rings is 2. The summed E-state index contributed by atoms with van der Waals surface area (Å²) in [7, 11) is 0. The van der Waals surface area contributed by atoms with Gasteiger partial charge in [-0.2, -0.15) is 0 Å². The van der Waals surface area contributed by atoms with Crippen molar-refractivity contribution in [3.05, 3.63) is 59.7 Å². The standard InChI is InChI=1S/C17H20N2/c18-16-10-8-14(9-11-16)13-19-12-4-3-6-15-5-1-2-7-17(15)19/h1-2,5,7-11H,3-4,6,12-13,18H2. The van der Waals surface area contributed by atoms with Gasteiger partial charge in [0.1, 0.15) is 0 Å². The Morgan fingerprint density at radius 1 is 0.947 bits per heavy atom. The lowest BCUT2D eigenvalue weighted by Crippen LogP contribution is -2.23. The fourth-order valence-corrected chi connectivity index (χ4v) is 2.78. The van der Waals surface area contributed by atoms with Crippen molar-refractivity contribution in [3.8, 4) is 0 Å². The van der Waals surface area contributed by atoms with E-state index < -0.39 is 0 Å². The van der Waals surface area contributed by atoms with E-state index in [1.165, 1.54) is 36.1 Å². The first-order valence-corrected chi connectivity index (χ1v) is 7.00. The summed E-state index contributed by atoms with van der Waals surface area (Å²) in [4.78, 5) is 2.49. The maximum absolute atomic E-state index is 5.75. The highest BCUT2D eigenvalue weighted by Gasteiger charge is 2.14. The third-order valence-electron chi connectivity index (χ3n) is 3.81. The summed E-state index contributed by atoms with van der Waals surface area (Å²) in [5.74, 6) is 0. The first-order chi connectivity index (χ1) is 9.33. The van der Waals surface area contributed by atoms with Gasteiger partial charge in [-0.1, -0.05) is 30.3 Å². The number of rotatable bonds is 2. The van der Waals surface area contributed by atoms with Gasteiger partial charge in [0.2, 0.25) is 0 Å². The Labute approximate surface area is 114 Å². The summed E-state index contributed by atoms with van der Waals surface area (Å²) >= 11 is 0. The Morgan fingerprint density at radius 2 is 1.74 bits per heavy atom. The highest BCUT2D eigenvalue weighted by Crippen LogP contribution is 2.27. The quantitative estimate of drug-likeness (QED) is 0.827. The lowest BCUT2D eigenvalue weighted by molar-refractivity contribution is 0.714. The van der Waals surface area contributed by atoms with Gasteiger partial charge in [0.05, 0.1) is 0 Å². The van der Waals surface area contributed by atoms with Crippen LogP contribution in [0.1, 0.15) is 24.0 Å². The summed E-state index contributed by atoms with van der Waals surface area (Å²) in [6.07, 6.45) is 3.76. The summed E-state index contributed by atoms with van der Waals surface area (Å²) in [6, 6.07) is 17.0. The van der Waals surface area contributed by atoms with E-state index in [0.29, 0.717) is 0 Å². The number of nitrogens with two attached hydrogens (primary N) is 1. The minimum Gasteiger partial charge on any atom is -0.399 e. The van der Waals surface area contributed by atoms with E-state index in [9.17, 15) is 0 Å². The zero-order valence-electron chi connectivity index (χ0n) is 11.2. The van der Waals surface area contributed by atoms with Crippen LogP contribution in [0, 0.1) is 0 Å². The fourth-order valence-electron chi connectivity index (χ4n) is 2.78. The van der Waals surface area contributed by atoms with E-state index >= 15 is 0 Å². The highest BCUT2D eigenvalue weighted by atomic mass is 15.1. The van der Waals surface area contributed by atoms with E-state index in [1.54, 1.807) is 0 Å². The molecule has 0 fully saturated rings. The number of nitrogens with zero attached hydrogens (tertiary/aromatic N) is 1. The zero-order valence-corrected chi connectivity index (χ0v) is 11.2. The van der Waals surface area contributed by atoms with Gasteiger partial charge in [0, 0.05) is 24.5 Å². The molecule has 0 radical (unpaired) electrons. The van der Waals surface area contributed by atoms with Crippen LogP contribution in [-0.2, 0) is 13.0 Å². The maximum Gasteiger partial charge on any atom is 0.0429 e. The van der Waals surface area contributed by atoms with Gasteiger partial charge >= 0.3 is 0 Å². The molecular formula is C17H20N2. The van der Waals surface area contributed by atoms with Gasteiger partial charge in [0.15, 0.2) is 0 Å². The monoisotopic (exact) mass is 252 g/mol. The molecule has 0 saturated carbocycles. The number of hydrogen-bond donors (Lipinski definition) is 1. The van der Waals surface area contributed by atoms with Crippen LogP contribution in [0.25, 0.3) is 0 Å². The predicted octanol–water partition coefficient (Wildman–Crippen LogP) is 3.61. The normalized spacial score (nSPS) is 14.8. The second-order valence-electron chi connectivity index (χ2n) is 5.25. The second-order valence-corrected chi connectivity index (χ2v) is 5.25. The number of anilines is 2. The molecule has 2 N–H and O–H groups in total. The Balaban J connectivity index is 1.86. The molecule has 0 aromatic heterocycles. The molecule has 19 heavy (non-hydrogen) atoms. The Hall–Kier alpha value is -1.96. The number of aryl methyl sites for hydroxylation is 1. The van der Waals surface area contributed by atoms with E-state index in [-0.39, 0.29) is 0 Å². The average molecular weight is 252 g/mol. The van der Waals surface area contributed by atoms with Crippen molar-refractivity contribution in [1.82, 2.24) is 0 Å². The van der Waals surface area contributed by atoms with E-state index in [0.717, 1.165) is 18.8 Å². The number of fused-ring (bicyclic) bond motifs is 1. The molecular weight excluding hydrogens is 232 g/mol. The van der Waals surface area contributed by atoms with Gasteiger partial charge in [0.25, 0.3) is 0 Å². The molecule has 2 aromatic carbocycles. The van der Waals surface area contributed by atoms with Crippen LogP contribution < -0.4 is 10.6 Å².